The van der Waals surface area contributed by atoms with Crippen LogP contribution < -0.4 is 0 Å². The second-order valence-corrected chi connectivity index (χ2v) is 0. The topological polar surface area (TPSA) is 0 Å². The summed E-state index contributed by atoms with van der Waals surface area (Å²) in [7, 11) is 0. The van der Waals surface area contributed by atoms with Gasteiger partial charge in [0.1, 0.15) is 0 Å². The summed E-state index contributed by atoms with van der Waals surface area (Å²) in [5, 5.41) is 0. The summed E-state index contributed by atoms with van der Waals surface area (Å²) in [6, 6.07) is 0. The van der Waals surface area contributed by atoms with Gasteiger partial charge in [0.15, 0.2) is 0 Å². The van der Waals surface area contributed by atoms with E-state index >= 15 is 0 Å². The molecular formula is Rf65. The van der Waals surface area contributed by atoms with Gasteiger partial charge in [-0.15, -0.1) is 0 Å². The van der Waals surface area contributed by atoms with Crippen molar-refractivity contribution in [1.82, 2.24) is 0 Å². The average molecular weight is 17400 g/mol. The first-order valence-corrected chi connectivity index (χ1v) is 0. The van der Waals surface area contributed by atoms with Crippen molar-refractivity contribution in [3.8, 4) is 0 Å². The van der Waals surface area contributed by atoms with E-state index in [4.69, 9.17) is 0 Å². The van der Waals surface area contributed by atoms with Gasteiger partial charge in [0, 0.05) is 0 Å². The Labute approximate surface area is 0 Å². The SMILES string of the molecule is [Rf].[Rf].[Rf].[Rf].[Rf].[Rf].[Rf].[Rf].[Rf].[Rf].[Rf].[Rf].[Rf].[Rf].[Rf].[Rf].[Rf].[Rf].[Rf].[Rf].[Rf].[Rf].[Rf].[Rf].[Rf].[Rf].[Rf].[Rf].[Rf].[Rf].[Rf].[Rf].[Rf].[Rf].[Rf].[Rf].[Rf].[Rf].[Rf].[Rf].[Rf].[Rf].[Rf].[Rf].[Rf].[Rf].[Rf].[Rf].[Rf].[Rf].[Rf].[Rf].[Rf].[Rf].[Rf].[Rf].[Rf].[Rf].[Rf].[Rf].[Rf].[Rf].[Rf].[Rf].[Rf]. The molecular weight excluding hydrogens is 17400 g/mol. The third-order valence-corrected chi connectivity index (χ3v) is 0. The molecule has 0 nitrogen and oxygen atoms in total. The van der Waals surface area contributed by atoms with E-state index in [-0.39, 0.29) is 0 Å². The molecule has 65 heteroatoms. The molecule has 130 valence electrons. The monoisotopic (exact) mass is 17400 g/mol. The van der Waals surface area contributed by atoms with E-state index in [2.05, 4.69) is 0 Å². The molecule has 0 aromatic heterocycles. The van der Waals surface area contributed by atoms with Gasteiger partial charge in [-0.1, -0.05) is 0 Å². The smallest absolute Gasteiger partial charge is 0 e. The Morgan fingerprint density at radius 1 is 0.0154 bits per heavy atom. The van der Waals surface area contributed by atoms with Gasteiger partial charge < -0.3 is 0 Å². The Kier molecular flexibility index (Phi) is 0. The third kappa shape index (κ3) is -0.00213. The van der Waals surface area contributed by atoms with Crippen LogP contribution in [0.15, 0.2) is 0 Å². The summed E-state index contributed by atoms with van der Waals surface area (Å²) < 4.78 is 0. The van der Waals surface area contributed by atoms with Crippen molar-refractivity contribution < 1.29 is 0 Å². The van der Waals surface area contributed by atoms with E-state index in [0.29, 0.717) is 0 Å². The van der Waals surface area contributed by atoms with Crippen molar-refractivity contribution in [3.05, 3.63) is 0 Å². The van der Waals surface area contributed by atoms with E-state index in [1.54, 1.807) is 0 Å². The molecule has 0 aromatic carbocycles. The number of hydrogen-bond donors (Lipinski definition) is 0. The Hall–Kier alpha value is -65.0. The van der Waals surface area contributed by atoms with Crippen LogP contribution in [-0.2, 0) is 0 Å². The van der Waals surface area contributed by atoms with Crippen LogP contribution in [0.5, 0.6) is 0 Å². The minimum Gasteiger partial charge on any atom is 0 e. The van der Waals surface area contributed by atoms with Crippen LogP contribution in [-0.4, -0.2) is 0 Å². The van der Waals surface area contributed by atoms with E-state index in [9.17, 15) is 0 Å². The molecule has 0 fully saturated rings. The first-order valence-electron chi connectivity index (χ1n) is 0. The molecule has 0 saturated heterocycles. The van der Waals surface area contributed by atoms with Crippen LogP contribution in [0.25, 0.3) is 0 Å². The molecule has 0 aromatic rings. The number of hydrogen-bond acceptors (Lipinski definition) is 0. The maximum atomic E-state index is 0. The van der Waals surface area contributed by atoms with Gasteiger partial charge in [0.2, 0.25) is 0 Å². The van der Waals surface area contributed by atoms with Crippen LogP contribution in [0.4, 0.5) is 0 Å². The summed E-state index contributed by atoms with van der Waals surface area (Å²) in [5.74, 6) is 0. The molecule has 0 aliphatic carbocycles. The maximum Gasteiger partial charge on any atom is 0 e. The van der Waals surface area contributed by atoms with Crippen molar-refractivity contribution in [3.63, 3.8) is 0 Å². The molecule has 0 saturated carbocycles. The van der Waals surface area contributed by atoms with E-state index in [1.165, 1.54) is 0 Å². The van der Waals surface area contributed by atoms with Crippen molar-refractivity contribution in [1.29, 1.82) is 0 Å². The Morgan fingerprint density at radius 2 is 0.0154 bits per heavy atom. The fourth-order valence-corrected chi connectivity index (χ4v) is 0. The summed E-state index contributed by atoms with van der Waals surface area (Å²) in [6.07, 6.45) is 0. The standard InChI is InChI=1S/65Rf. The van der Waals surface area contributed by atoms with E-state index in [0.717, 1.165) is 0 Å². The molecule has 0 heterocycles. The van der Waals surface area contributed by atoms with Crippen LogP contribution >= 0.6 is 0 Å². The van der Waals surface area contributed by atoms with Crippen molar-refractivity contribution in [2.45, 2.75) is 0 Å². The molecule has 0 N–H and O–H groups in total. The maximum absolute atomic E-state index is 0. The van der Waals surface area contributed by atoms with Gasteiger partial charge in [-0.2, -0.15) is 0 Å². The molecule has 65 heavy (non-hydrogen) atoms. The summed E-state index contributed by atoms with van der Waals surface area (Å²) in [4.78, 5) is 0. The molecule has 0 atom stereocenters. The van der Waals surface area contributed by atoms with Crippen LogP contribution in [0.3, 0.4) is 0 Å². The fourth-order valence-electron chi connectivity index (χ4n) is 0. The van der Waals surface area contributed by atoms with E-state index in [1.807, 2.05) is 0 Å². The van der Waals surface area contributed by atoms with Crippen molar-refractivity contribution in [2.75, 3.05) is 0 Å². The average Bonchev–Trinajstić information content (AvgIpc) is 0. The molecule has 0 aliphatic rings. The molecule has 0 amide bonds. The van der Waals surface area contributed by atoms with Crippen molar-refractivity contribution in [2.24, 2.45) is 0 Å². The second-order valence-electron chi connectivity index (χ2n) is 0. The Morgan fingerprint density at radius 3 is 0.0154 bits per heavy atom. The quantitative estimate of drug-likeness (QED) is 0.321. The van der Waals surface area contributed by atoms with Gasteiger partial charge >= 0.3 is 0 Å². The minimum absolute atomic E-state index is 0. The van der Waals surface area contributed by atoms with Gasteiger partial charge in [-0.05, 0) is 0 Å². The predicted molar refractivity (Wildman–Crippen MR) is 0 cm³/mol. The van der Waals surface area contributed by atoms with Crippen molar-refractivity contribution >= 4 is 0 Å². The Bertz CT molecular complexity index is 0. The number of rotatable bonds is 0. The molecule has 0 aliphatic heterocycles. The molecule has 0 rings (SSSR count). The molecule has 0 bridgehead atoms. The van der Waals surface area contributed by atoms with Crippen LogP contribution in [0, 0.1) is 0 Å². The first-order chi connectivity index (χ1) is 0. The van der Waals surface area contributed by atoms with Gasteiger partial charge in [-0.3, -0.25) is 0 Å². The summed E-state index contributed by atoms with van der Waals surface area (Å²) in [6.45, 7) is 0. The summed E-state index contributed by atoms with van der Waals surface area (Å²) in [5.41, 5.74) is 0. The van der Waals surface area contributed by atoms with Crippen LogP contribution in [0.1, 0.15) is 0 Å². The van der Waals surface area contributed by atoms with Gasteiger partial charge in [-0.25, -0.2) is 0 Å². The first kappa shape index (κ1) is 0. The predicted octanol–water partition coefficient (Wildman–Crippen LogP) is 0. The molecule has 0 radical (unpaired) electrons. The molecule has 0 spiro atoms. The zero-order valence-corrected chi connectivity index (χ0v) is 462. The largest absolute Gasteiger partial charge is 0 e. The van der Waals surface area contributed by atoms with Crippen LogP contribution in [0.2, 0.25) is 0 Å². The van der Waals surface area contributed by atoms with Gasteiger partial charge in [0.05, 0.1) is 0 Å². The third-order valence-electron chi connectivity index (χ3n) is 0. The summed E-state index contributed by atoms with van der Waals surface area (Å²) >= 11 is 0. The van der Waals surface area contributed by atoms with E-state index < -0.39 is 0 Å². The second kappa shape index (κ2) is -0.000947. The zero-order valence-electron chi connectivity index (χ0n) is 46.0. The fraction of sp³-hybridized carbons (Fsp3) is 0. The molecule has 0 unspecified atom stereocenters. The minimum atomic E-state index is 0. The normalized spacial score (nSPS) is 0. The Balaban J connectivity index is 0. The van der Waals surface area contributed by atoms with Gasteiger partial charge in [0.25, 0.3) is 0 Å². The zero-order chi connectivity index (χ0) is 0.